The summed E-state index contributed by atoms with van der Waals surface area (Å²) < 4.78 is 0. The van der Waals surface area contributed by atoms with Crippen LogP contribution in [0.25, 0.3) is 0 Å². The van der Waals surface area contributed by atoms with Crippen LogP contribution >= 0.6 is 0 Å². The molecule has 16 heavy (non-hydrogen) atoms. The summed E-state index contributed by atoms with van der Waals surface area (Å²) in [7, 11) is 0. The van der Waals surface area contributed by atoms with E-state index < -0.39 is 0 Å². The number of allylic oxidation sites excluding steroid dienone is 9. The van der Waals surface area contributed by atoms with Crippen LogP contribution in [-0.2, 0) is 0 Å². The summed E-state index contributed by atoms with van der Waals surface area (Å²) >= 11 is 0. The fraction of sp³-hybridized carbons (Fsp3) is 0.375. The molecule has 1 aliphatic rings. The first-order chi connectivity index (χ1) is 7.77. The fourth-order valence-corrected chi connectivity index (χ4v) is 1.56. The molecule has 0 bridgehead atoms. The van der Waals surface area contributed by atoms with Crippen molar-refractivity contribution in [3.8, 4) is 0 Å². The zero-order chi connectivity index (χ0) is 12.4. The van der Waals surface area contributed by atoms with Crippen molar-refractivity contribution in [3.63, 3.8) is 0 Å². The highest BCUT2D eigenvalue weighted by Gasteiger charge is 2.01. The van der Waals surface area contributed by atoms with Crippen molar-refractivity contribution >= 4 is 0 Å². The maximum Gasteiger partial charge on any atom is -0.00915 e. The Kier molecular flexibility index (Phi) is 8.24. The van der Waals surface area contributed by atoms with Crippen LogP contribution in [0.3, 0.4) is 0 Å². The predicted molar refractivity (Wildman–Crippen MR) is 75.5 cm³/mol. The molecule has 0 atom stereocenters. The van der Waals surface area contributed by atoms with E-state index >= 15 is 0 Å². The number of hydrogen-bond donors (Lipinski definition) is 0. The van der Waals surface area contributed by atoms with Gasteiger partial charge in [0.05, 0.1) is 0 Å². The third-order valence-corrected chi connectivity index (χ3v) is 2.38. The molecule has 0 nitrogen and oxygen atoms in total. The van der Waals surface area contributed by atoms with Crippen LogP contribution in [-0.4, -0.2) is 0 Å². The second-order valence-corrected chi connectivity index (χ2v) is 3.49. The predicted octanol–water partition coefficient (Wildman–Crippen LogP) is 5.37. The Balaban J connectivity index is 0.00000106. The Labute approximate surface area is 101 Å². The average molecular weight is 216 g/mol. The summed E-state index contributed by atoms with van der Waals surface area (Å²) in [5, 5.41) is 0. The lowest BCUT2D eigenvalue weighted by Crippen LogP contribution is -1.86. The Morgan fingerprint density at radius 3 is 2.62 bits per heavy atom. The van der Waals surface area contributed by atoms with E-state index in [9.17, 15) is 0 Å². The van der Waals surface area contributed by atoms with Crippen molar-refractivity contribution in [2.45, 2.75) is 40.5 Å². The van der Waals surface area contributed by atoms with Crippen LogP contribution in [0.5, 0.6) is 0 Å². The van der Waals surface area contributed by atoms with Gasteiger partial charge in [-0.2, -0.15) is 0 Å². The van der Waals surface area contributed by atoms with Crippen LogP contribution < -0.4 is 0 Å². The highest BCUT2D eigenvalue weighted by molar-refractivity contribution is 5.41. The summed E-state index contributed by atoms with van der Waals surface area (Å²) in [6.45, 7) is 12.1. The Morgan fingerprint density at radius 1 is 1.38 bits per heavy atom. The monoisotopic (exact) mass is 216 g/mol. The van der Waals surface area contributed by atoms with E-state index in [2.05, 4.69) is 50.8 Å². The molecule has 0 fully saturated rings. The van der Waals surface area contributed by atoms with E-state index in [1.54, 1.807) is 0 Å². The smallest absolute Gasteiger partial charge is 0.00915 e. The maximum atomic E-state index is 3.74. The minimum atomic E-state index is 1.03. The van der Waals surface area contributed by atoms with E-state index in [1.165, 1.54) is 16.7 Å². The summed E-state index contributed by atoms with van der Waals surface area (Å²) in [6.07, 6.45) is 14.8. The molecule has 0 heterocycles. The van der Waals surface area contributed by atoms with Crippen LogP contribution in [0, 0.1) is 0 Å². The molecule has 0 saturated heterocycles. The van der Waals surface area contributed by atoms with Gasteiger partial charge in [-0.1, -0.05) is 69.4 Å². The quantitative estimate of drug-likeness (QED) is 0.556. The number of rotatable bonds is 3. The van der Waals surface area contributed by atoms with Crippen molar-refractivity contribution in [1.82, 2.24) is 0 Å². The van der Waals surface area contributed by atoms with Gasteiger partial charge in [0.2, 0.25) is 0 Å². The van der Waals surface area contributed by atoms with Gasteiger partial charge in [0.1, 0.15) is 0 Å². The zero-order valence-corrected chi connectivity index (χ0v) is 11.1. The van der Waals surface area contributed by atoms with E-state index in [0.29, 0.717) is 0 Å². The second-order valence-electron chi connectivity index (χ2n) is 3.49. The Morgan fingerprint density at radius 2 is 2.06 bits per heavy atom. The lowest BCUT2D eigenvalue weighted by molar-refractivity contribution is 1.07. The maximum absolute atomic E-state index is 3.74. The summed E-state index contributed by atoms with van der Waals surface area (Å²) in [4.78, 5) is 0. The molecule has 0 amide bonds. The van der Waals surface area contributed by atoms with Crippen molar-refractivity contribution in [2.24, 2.45) is 0 Å². The Hall–Kier alpha value is -1.30. The van der Waals surface area contributed by atoms with Crippen molar-refractivity contribution < 1.29 is 0 Å². The first kappa shape index (κ1) is 14.7. The summed E-state index contributed by atoms with van der Waals surface area (Å²) in [6, 6.07) is 0. The van der Waals surface area contributed by atoms with Crippen molar-refractivity contribution in [2.75, 3.05) is 0 Å². The van der Waals surface area contributed by atoms with E-state index in [4.69, 9.17) is 0 Å². The summed E-state index contributed by atoms with van der Waals surface area (Å²) in [5.41, 5.74) is 4.10. The zero-order valence-electron chi connectivity index (χ0n) is 11.1. The molecule has 0 aromatic heterocycles. The molecule has 1 aliphatic carbocycles. The van der Waals surface area contributed by atoms with Gasteiger partial charge in [-0.25, -0.2) is 0 Å². The highest BCUT2D eigenvalue weighted by atomic mass is 14.1. The molecule has 0 aromatic carbocycles. The average Bonchev–Trinajstić information content (AvgIpc) is 2.54. The van der Waals surface area contributed by atoms with Gasteiger partial charge in [0, 0.05) is 0 Å². The van der Waals surface area contributed by atoms with Crippen LogP contribution in [0.15, 0.2) is 59.8 Å². The SMILES string of the molecule is C=C/C=C(\CC)C1=CC=C(C)C=CC1.CC. The van der Waals surface area contributed by atoms with Crippen molar-refractivity contribution in [3.05, 3.63) is 59.8 Å². The topological polar surface area (TPSA) is 0 Å². The molecule has 0 spiro atoms. The van der Waals surface area contributed by atoms with Gasteiger partial charge >= 0.3 is 0 Å². The molecule has 0 saturated carbocycles. The standard InChI is InChI=1S/C14H18.C2H6/c1-4-7-13(5-2)14-9-6-8-12(3)10-11-14;1-2/h4,6-8,10-11H,1,5,9H2,2-3H3;1-2H3/b13-7+;. The molecular formula is C16H24. The molecule has 0 aliphatic heterocycles. The van der Waals surface area contributed by atoms with Crippen LogP contribution in [0.2, 0.25) is 0 Å². The van der Waals surface area contributed by atoms with E-state index in [0.717, 1.165) is 12.8 Å². The minimum Gasteiger partial charge on any atom is -0.0991 e. The van der Waals surface area contributed by atoms with Gasteiger partial charge in [0.15, 0.2) is 0 Å². The van der Waals surface area contributed by atoms with Crippen LogP contribution in [0.4, 0.5) is 0 Å². The largest absolute Gasteiger partial charge is 0.0991 e. The van der Waals surface area contributed by atoms with Gasteiger partial charge in [-0.05, 0) is 30.9 Å². The lowest BCUT2D eigenvalue weighted by atomic mass is 10.00. The minimum absolute atomic E-state index is 1.03. The highest BCUT2D eigenvalue weighted by Crippen LogP contribution is 2.21. The fourth-order valence-electron chi connectivity index (χ4n) is 1.56. The van der Waals surface area contributed by atoms with Gasteiger partial charge in [-0.15, -0.1) is 0 Å². The van der Waals surface area contributed by atoms with Crippen molar-refractivity contribution in [1.29, 1.82) is 0 Å². The van der Waals surface area contributed by atoms with Gasteiger partial charge in [0.25, 0.3) is 0 Å². The molecule has 1 rings (SSSR count). The molecule has 0 heteroatoms. The molecule has 88 valence electrons. The number of hydrogen-bond acceptors (Lipinski definition) is 0. The first-order valence-electron chi connectivity index (χ1n) is 6.14. The van der Waals surface area contributed by atoms with Crippen LogP contribution in [0.1, 0.15) is 40.5 Å². The van der Waals surface area contributed by atoms with Gasteiger partial charge < -0.3 is 0 Å². The molecule has 0 N–H and O–H groups in total. The molecule has 0 aromatic rings. The third kappa shape index (κ3) is 4.97. The Bertz CT molecular complexity index is 322. The molecule has 0 radical (unpaired) electrons. The second kappa shape index (κ2) is 8.96. The summed E-state index contributed by atoms with van der Waals surface area (Å²) in [5.74, 6) is 0. The third-order valence-electron chi connectivity index (χ3n) is 2.38. The van der Waals surface area contributed by atoms with E-state index in [1.807, 2.05) is 19.9 Å². The molecular weight excluding hydrogens is 192 g/mol. The molecule has 0 unspecified atom stereocenters. The van der Waals surface area contributed by atoms with E-state index in [-0.39, 0.29) is 0 Å². The normalized spacial score (nSPS) is 15.4. The first-order valence-corrected chi connectivity index (χ1v) is 6.14. The van der Waals surface area contributed by atoms with Gasteiger partial charge in [-0.3, -0.25) is 0 Å². The lowest BCUT2D eigenvalue weighted by Gasteiger charge is -2.05.